The Balaban J connectivity index is 2.56. The summed E-state index contributed by atoms with van der Waals surface area (Å²) < 4.78 is 0. The molecule has 17 heavy (non-hydrogen) atoms. The summed E-state index contributed by atoms with van der Waals surface area (Å²) in [6, 6.07) is 9.58. The molecule has 1 aromatic carbocycles. The maximum atomic E-state index is 10.0. The molecule has 0 amide bonds. The first-order valence-corrected chi connectivity index (χ1v) is 5.76. The summed E-state index contributed by atoms with van der Waals surface area (Å²) in [5, 5.41) is 13.0. The third-order valence-corrected chi connectivity index (χ3v) is 2.86. The minimum Gasteiger partial charge on any atom is -0.388 e. The van der Waals surface area contributed by atoms with E-state index in [0.717, 1.165) is 5.69 Å². The van der Waals surface area contributed by atoms with E-state index in [-0.39, 0.29) is 12.5 Å². The van der Waals surface area contributed by atoms with Gasteiger partial charge in [-0.1, -0.05) is 32.0 Å². The van der Waals surface area contributed by atoms with E-state index in [1.165, 1.54) is 0 Å². The smallest absolute Gasteiger partial charge is 0.193 e. The summed E-state index contributed by atoms with van der Waals surface area (Å²) in [6.45, 7) is 5.96. The predicted octanol–water partition coefficient (Wildman–Crippen LogP) is 1.82. The fraction of sp³-hybridized carbons (Fsp3) is 0.462. The Bertz CT molecular complexity index is 372. The molecule has 4 nitrogen and oxygen atoms in total. The maximum Gasteiger partial charge on any atom is 0.193 e. The van der Waals surface area contributed by atoms with Crippen molar-refractivity contribution in [3.05, 3.63) is 30.3 Å². The van der Waals surface area contributed by atoms with Crippen molar-refractivity contribution in [2.75, 3.05) is 11.9 Å². The summed E-state index contributed by atoms with van der Waals surface area (Å²) in [7, 11) is 0. The van der Waals surface area contributed by atoms with Crippen LogP contribution < -0.4 is 11.1 Å². The molecule has 0 aliphatic carbocycles. The van der Waals surface area contributed by atoms with Gasteiger partial charge in [0.15, 0.2) is 5.96 Å². The van der Waals surface area contributed by atoms with E-state index in [1.807, 2.05) is 44.2 Å². The Hall–Kier alpha value is -1.55. The fourth-order valence-electron chi connectivity index (χ4n) is 1.14. The van der Waals surface area contributed by atoms with Gasteiger partial charge in [-0.05, 0) is 25.0 Å². The molecule has 0 aliphatic rings. The van der Waals surface area contributed by atoms with Crippen LogP contribution in [-0.4, -0.2) is 23.2 Å². The molecule has 0 spiro atoms. The van der Waals surface area contributed by atoms with E-state index in [2.05, 4.69) is 10.3 Å². The Morgan fingerprint density at radius 1 is 1.41 bits per heavy atom. The first kappa shape index (κ1) is 13.5. The Morgan fingerprint density at radius 3 is 2.53 bits per heavy atom. The number of guanidine groups is 1. The SMILES string of the molecule is CC(C)C(C)(O)CN=C(N)Nc1ccccc1. The highest BCUT2D eigenvalue weighted by molar-refractivity contribution is 5.92. The van der Waals surface area contributed by atoms with Crippen LogP contribution in [0.5, 0.6) is 0 Å². The monoisotopic (exact) mass is 235 g/mol. The van der Waals surface area contributed by atoms with Crippen LogP contribution in [-0.2, 0) is 0 Å². The maximum absolute atomic E-state index is 10.0. The number of nitrogens with two attached hydrogens (primary N) is 1. The molecule has 4 N–H and O–H groups in total. The van der Waals surface area contributed by atoms with Gasteiger partial charge in [0, 0.05) is 5.69 Å². The average molecular weight is 235 g/mol. The topological polar surface area (TPSA) is 70.6 Å². The molecule has 94 valence electrons. The van der Waals surface area contributed by atoms with Crippen molar-refractivity contribution in [1.82, 2.24) is 0 Å². The zero-order valence-corrected chi connectivity index (χ0v) is 10.6. The molecule has 1 unspecified atom stereocenters. The van der Waals surface area contributed by atoms with E-state index >= 15 is 0 Å². The Labute approximate surface area is 103 Å². The van der Waals surface area contributed by atoms with Crippen molar-refractivity contribution >= 4 is 11.6 Å². The van der Waals surface area contributed by atoms with Crippen molar-refractivity contribution in [2.45, 2.75) is 26.4 Å². The second-order valence-electron chi connectivity index (χ2n) is 4.70. The van der Waals surface area contributed by atoms with E-state index in [0.29, 0.717) is 5.96 Å². The molecular formula is C13H21N3O. The summed E-state index contributed by atoms with van der Waals surface area (Å²) in [5.41, 5.74) is 5.80. The Morgan fingerprint density at radius 2 is 2.00 bits per heavy atom. The number of hydrogen-bond donors (Lipinski definition) is 3. The summed E-state index contributed by atoms with van der Waals surface area (Å²) >= 11 is 0. The molecule has 0 saturated heterocycles. The third kappa shape index (κ3) is 4.44. The second kappa shape index (κ2) is 5.68. The van der Waals surface area contributed by atoms with Gasteiger partial charge in [0.25, 0.3) is 0 Å². The standard InChI is InChI=1S/C13H21N3O/c1-10(2)13(3,17)9-15-12(14)16-11-7-5-4-6-8-11/h4-8,10,17H,9H2,1-3H3,(H3,14,15,16). The van der Waals surface area contributed by atoms with Gasteiger partial charge in [0.05, 0.1) is 12.1 Å². The number of anilines is 1. The van der Waals surface area contributed by atoms with E-state index in [1.54, 1.807) is 6.92 Å². The zero-order chi connectivity index (χ0) is 12.9. The van der Waals surface area contributed by atoms with Crippen molar-refractivity contribution in [2.24, 2.45) is 16.6 Å². The highest BCUT2D eigenvalue weighted by Crippen LogP contribution is 2.16. The molecule has 0 radical (unpaired) electrons. The van der Waals surface area contributed by atoms with Gasteiger partial charge in [-0.25, -0.2) is 0 Å². The number of aliphatic imine (C=N–C) groups is 1. The van der Waals surface area contributed by atoms with Crippen LogP contribution in [0, 0.1) is 5.92 Å². The lowest BCUT2D eigenvalue weighted by molar-refractivity contribution is 0.0230. The highest BCUT2D eigenvalue weighted by atomic mass is 16.3. The molecular weight excluding hydrogens is 214 g/mol. The lowest BCUT2D eigenvalue weighted by Crippen LogP contribution is -2.36. The Kier molecular flexibility index (Phi) is 4.52. The average Bonchev–Trinajstić information content (AvgIpc) is 2.28. The zero-order valence-electron chi connectivity index (χ0n) is 10.6. The highest BCUT2D eigenvalue weighted by Gasteiger charge is 2.24. The number of rotatable bonds is 4. The molecule has 0 heterocycles. The summed E-state index contributed by atoms with van der Waals surface area (Å²) in [5.74, 6) is 0.452. The first-order valence-electron chi connectivity index (χ1n) is 5.76. The lowest BCUT2D eigenvalue weighted by atomic mass is 9.93. The molecule has 0 saturated carbocycles. The van der Waals surface area contributed by atoms with E-state index in [4.69, 9.17) is 5.73 Å². The van der Waals surface area contributed by atoms with Crippen LogP contribution in [0.25, 0.3) is 0 Å². The van der Waals surface area contributed by atoms with Crippen LogP contribution in [0.2, 0.25) is 0 Å². The van der Waals surface area contributed by atoms with Gasteiger partial charge in [0.2, 0.25) is 0 Å². The molecule has 1 aromatic rings. The fourth-order valence-corrected chi connectivity index (χ4v) is 1.14. The van der Waals surface area contributed by atoms with Gasteiger partial charge in [0.1, 0.15) is 0 Å². The second-order valence-corrected chi connectivity index (χ2v) is 4.70. The molecule has 1 atom stereocenters. The van der Waals surface area contributed by atoms with Crippen molar-refractivity contribution in [3.63, 3.8) is 0 Å². The van der Waals surface area contributed by atoms with Crippen LogP contribution >= 0.6 is 0 Å². The van der Waals surface area contributed by atoms with E-state index in [9.17, 15) is 5.11 Å². The molecule has 1 rings (SSSR count). The third-order valence-electron chi connectivity index (χ3n) is 2.86. The largest absolute Gasteiger partial charge is 0.388 e. The minimum atomic E-state index is -0.830. The number of aliphatic hydroxyl groups is 1. The molecule has 0 fully saturated rings. The number of benzene rings is 1. The van der Waals surface area contributed by atoms with Gasteiger partial charge >= 0.3 is 0 Å². The number of nitrogens with zero attached hydrogens (tertiary/aromatic N) is 1. The quantitative estimate of drug-likeness (QED) is 0.550. The molecule has 0 bridgehead atoms. The van der Waals surface area contributed by atoms with Crippen LogP contribution in [0.4, 0.5) is 5.69 Å². The van der Waals surface area contributed by atoms with Crippen LogP contribution in [0.15, 0.2) is 35.3 Å². The predicted molar refractivity (Wildman–Crippen MR) is 72.0 cm³/mol. The van der Waals surface area contributed by atoms with Crippen molar-refractivity contribution in [3.8, 4) is 0 Å². The van der Waals surface area contributed by atoms with Gasteiger partial charge in [-0.3, -0.25) is 4.99 Å². The normalized spacial score (nSPS) is 15.7. The first-order chi connectivity index (χ1) is 7.92. The van der Waals surface area contributed by atoms with Gasteiger partial charge in [-0.15, -0.1) is 0 Å². The number of para-hydroxylation sites is 1. The molecule has 0 aliphatic heterocycles. The number of hydrogen-bond acceptors (Lipinski definition) is 2. The van der Waals surface area contributed by atoms with Crippen molar-refractivity contribution in [1.29, 1.82) is 0 Å². The lowest BCUT2D eigenvalue weighted by Gasteiger charge is -2.25. The summed E-state index contributed by atoms with van der Waals surface area (Å²) in [4.78, 5) is 4.15. The molecule has 4 heteroatoms. The molecule has 0 aromatic heterocycles. The number of nitrogens with one attached hydrogen (secondary N) is 1. The minimum absolute atomic E-state index is 0.135. The summed E-state index contributed by atoms with van der Waals surface area (Å²) in [6.07, 6.45) is 0. The van der Waals surface area contributed by atoms with E-state index < -0.39 is 5.60 Å². The van der Waals surface area contributed by atoms with Crippen molar-refractivity contribution < 1.29 is 5.11 Å². The van der Waals surface area contributed by atoms with Crippen LogP contribution in [0.1, 0.15) is 20.8 Å². The van der Waals surface area contributed by atoms with Gasteiger partial charge < -0.3 is 16.2 Å². The van der Waals surface area contributed by atoms with Gasteiger partial charge in [-0.2, -0.15) is 0 Å². The van der Waals surface area contributed by atoms with Crippen LogP contribution in [0.3, 0.4) is 0 Å².